The second-order valence-corrected chi connectivity index (χ2v) is 5.69. The maximum Gasteiger partial charge on any atom is 0.434 e. The van der Waals surface area contributed by atoms with Crippen LogP contribution in [0, 0.1) is 0 Å². The van der Waals surface area contributed by atoms with Crippen molar-refractivity contribution >= 4 is 17.4 Å². The molecule has 2 aromatic heterocycles. The number of rotatable bonds is 4. The first-order chi connectivity index (χ1) is 13.2. The van der Waals surface area contributed by atoms with Gasteiger partial charge in [0.1, 0.15) is 0 Å². The van der Waals surface area contributed by atoms with Crippen molar-refractivity contribution in [1.29, 1.82) is 0 Å². The summed E-state index contributed by atoms with van der Waals surface area (Å²) in [5, 5.41) is 11.4. The molecule has 0 atom stereocenters. The third-order valence-electron chi connectivity index (χ3n) is 3.69. The second-order valence-electron chi connectivity index (χ2n) is 5.69. The van der Waals surface area contributed by atoms with Crippen LogP contribution in [0.5, 0.6) is 0 Å². The third kappa shape index (κ3) is 3.82. The summed E-state index contributed by atoms with van der Waals surface area (Å²) in [6.45, 7) is 1.32. The lowest BCUT2D eigenvalue weighted by atomic mass is 10.1. The van der Waals surface area contributed by atoms with Crippen LogP contribution < -0.4 is 10.9 Å². The van der Waals surface area contributed by atoms with Crippen LogP contribution >= 0.6 is 0 Å². The van der Waals surface area contributed by atoms with Crippen molar-refractivity contribution < 1.29 is 22.8 Å². The molecule has 0 bridgehead atoms. The van der Waals surface area contributed by atoms with Gasteiger partial charge in [0.15, 0.2) is 17.3 Å². The van der Waals surface area contributed by atoms with E-state index in [9.17, 15) is 27.6 Å². The van der Waals surface area contributed by atoms with E-state index in [0.29, 0.717) is 10.2 Å². The second kappa shape index (κ2) is 7.10. The van der Waals surface area contributed by atoms with E-state index in [1.807, 2.05) is 5.10 Å². The topological polar surface area (TPSA) is 110 Å². The smallest absolute Gasteiger partial charge is 0.322 e. The average molecular weight is 391 g/mol. The van der Waals surface area contributed by atoms with E-state index < -0.39 is 28.9 Å². The number of hydrogen-bond acceptors (Lipinski definition) is 5. The van der Waals surface area contributed by atoms with Crippen LogP contribution in [-0.2, 0) is 6.18 Å². The van der Waals surface area contributed by atoms with E-state index in [1.54, 1.807) is 0 Å². The minimum absolute atomic E-state index is 0.153. The predicted octanol–water partition coefficient (Wildman–Crippen LogP) is 2.43. The van der Waals surface area contributed by atoms with Crippen LogP contribution in [0.15, 0.2) is 47.4 Å². The monoisotopic (exact) mass is 391 g/mol. The van der Waals surface area contributed by atoms with Gasteiger partial charge in [0.25, 0.3) is 11.5 Å². The molecule has 2 heterocycles. The van der Waals surface area contributed by atoms with Gasteiger partial charge in [0.05, 0.1) is 11.8 Å². The summed E-state index contributed by atoms with van der Waals surface area (Å²) in [5.41, 5.74) is -2.25. The van der Waals surface area contributed by atoms with E-state index in [2.05, 4.69) is 15.5 Å². The Morgan fingerprint density at radius 3 is 2.54 bits per heavy atom. The van der Waals surface area contributed by atoms with Crippen molar-refractivity contribution in [1.82, 2.24) is 20.0 Å². The Labute approximate surface area is 155 Å². The fourth-order valence-corrected chi connectivity index (χ4v) is 2.43. The predicted molar refractivity (Wildman–Crippen MR) is 91.4 cm³/mol. The lowest BCUT2D eigenvalue weighted by Crippen LogP contribution is -2.22. The van der Waals surface area contributed by atoms with Crippen molar-refractivity contribution in [2.75, 3.05) is 5.32 Å². The fraction of sp³-hybridized carbons (Fsp3) is 0.118. The molecule has 0 saturated heterocycles. The Morgan fingerprint density at radius 1 is 1.18 bits per heavy atom. The van der Waals surface area contributed by atoms with Gasteiger partial charge in [-0.15, -0.1) is 0 Å². The molecule has 3 rings (SSSR count). The number of hydrogen-bond donors (Lipinski definition) is 2. The SMILES string of the molecule is CC(=O)c1cccc(NC(=O)c2cnn(-c3ccc(=O)[nH]n3)c2C(F)(F)F)c1. The molecule has 0 saturated carbocycles. The lowest BCUT2D eigenvalue weighted by molar-refractivity contribution is -0.143. The molecule has 11 heteroatoms. The zero-order valence-electron chi connectivity index (χ0n) is 14.2. The number of carbonyl (C=O) groups is 2. The van der Waals surface area contributed by atoms with Crippen molar-refractivity contribution in [2.45, 2.75) is 13.1 Å². The number of anilines is 1. The number of Topliss-reactive ketones (excluding diaryl/α,β-unsaturated/α-hetero) is 1. The van der Waals surface area contributed by atoms with Crippen LogP contribution in [0.1, 0.15) is 33.3 Å². The molecular formula is C17H12F3N5O3. The van der Waals surface area contributed by atoms with Gasteiger partial charge < -0.3 is 5.32 Å². The van der Waals surface area contributed by atoms with Gasteiger partial charge >= 0.3 is 6.18 Å². The number of amides is 1. The standard InChI is InChI=1S/C17H12F3N5O3/c1-9(26)10-3-2-4-11(7-10)22-16(28)12-8-21-25(15(12)17(18,19)20)13-5-6-14(27)24-23-13/h2-8H,1H3,(H,22,28)(H,24,27). The molecule has 3 aromatic rings. The van der Waals surface area contributed by atoms with Gasteiger partial charge in [0, 0.05) is 17.3 Å². The fourth-order valence-electron chi connectivity index (χ4n) is 2.43. The highest BCUT2D eigenvalue weighted by Gasteiger charge is 2.41. The number of halogens is 3. The number of nitrogens with zero attached hydrogens (tertiary/aromatic N) is 3. The summed E-state index contributed by atoms with van der Waals surface area (Å²) in [5.74, 6) is -1.64. The van der Waals surface area contributed by atoms with Crippen LogP contribution in [0.2, 0.25) is 0 Å². The van der Waals surface area contributed by atoms with Gasteiger partial charge in [0.2, 0.25) is 0 Å². The minimum Gasteiger partial charge on any atom is -0.322 e. The Hall–Kier alpha value is -3.76. The van der Waals surface area contributed by atoms with Crippen LogP contribution in [0.4, 0.5) is 18.9 Å². The molecular weight excluding hydrogens is 379 g/mol. The lowest BCUT2D eigenvalue weighted by Gasteiger charge is -2.12. The van der Waals surface area contributed by atoms with Crippen molar-refractivity contribution in [3.8, 4) is 5.82 Å². The average Bonchev–Trinajstić information content (AvgIpc) is 3.08. The summed E-state index contributed by atoms with van der Waals surface area (Å²) < 4.78 is 41.2. The number of carbonyl (C=O) groups excluding carboxylic acids is 2. The number of aromatic amines is 1. The first-order valence-corrected chi connectivity index (χ1v) is 7.80. The van der Waals surface area contributed by atoms with Crippen molar-refractivity contribution in [2.24, 2.45) is 0 Å². The molecule has 0 unspecified atom stereocenters. The molecule has 28 heavy (non-hydrogen) atoms. The Bertz CT molecular complexity index is 1100. The Kier molecular flexibility index (Phi) is 4.82. The van der Waals surface area contributed by atoms with E-state index in [1.165, 1.54) is 31.2 Å². The quantitative estimate of drug-likeness (QED) is 0.664. The maximum atomic E-state index is 13.6. The van der Waals surface area contributed by atoms with Crippen LogP contribution in [0.3, 0.4) is 0 Å². The zero-order valence-corrected chi connectivity index (χ0v) is 14.2. The molecule has 1 aromatic carbocycles. The highest BCUT2D eigenvalue weighted by molar-refractivity contribution is 6.06. The third-order valence-corrected chi connectivity index (χ3v) is 3.69. The first-order valence-electron chi connectivity index (χ1n) is 7.80. The molecule has 0 aliphatic rings. The van der Waals surface area contributed by atoms with Gasteiger partial charge in [-0.2, -0.15) is 23.4 Å². The van der Waals surface area contributed by atoms with Gasteiger partial charge in [-0.1, -0.05) is 12.1 Å². The number of aromatic nitrogens is 4. The normalized spacial score (nSPS) is 11.3. The molecule has 0 spiro atoms. The Morgan fingerprint density at radius 2 is 1.93 bits per heavy atom. The summed E-state index contributed by atoms with van der Waals surface area (Å²) in [6, 6.07) is 7.81. The molecule has 1 amide bonds. The molecule has 0 aliphatic heterocycles. The minimum atomic E-state index is -4.93. The van der Waals surface area contributed by atoms with E-state index in [4.69, 9.17) is 0 Å². The largest absolute Gasteiger partial charge is 0.434 e. The van der Waals surface area contributed by atoms with E-state index in [0.717, 1.165) is 18.3 Å². The zero-order chi connectivity index (χ0) is 20.5. The van der Waals surface area contributed by atoms with Crippen molar-refractivity contribution in [3.63, 3.8) is 0 Å². The molecule has 8 nitrogen and oxygen atoms in total. The maximum absolute atomic E-state index is 13.6. The van der Waals surface area contributed by atoms with E-state index in [-0.39, 0.29) is 17.3 Å². The number of ketones is 1. The molecule has 0 fully saturated rings. The summed E-state index contributed by atoms with van der Waals surface area (Å²) in [6.07, 6.45) is -4.18. The number of nitrogens with one attached hydrogen (secondary N) is 2. The first kappa shape index (κ1) is 19.0. The molecule has 0 radical (unpaired) electrons. The number of benzene rings is 1. The van der Waals surface area contributed by atoms with Gasteiger partial charge in [-0.05, 0) is 25.1 Å². The number of H-pyrrole nitrogens is 1. The van der Waals surface area contributed by atoms with Gasteiger partial charge in [-0.25, -0.2) is 9.78 Å². The Balaban J connectivity index is 2.01. The highest BCUT2D eigenvalue weighted by atomic mass is 19.4. The molecule has 0 aliphatic carbocycles. The van der Waals surface area contributed by atoms with Crippen molar-refractivity contribution in [3.05, 3.63) is 69.8 Å². The van der Waals surface area contributed by atoms with Crippen LogP contribution in [-0.4, -0.2) is 31.7 Å². The van der Waals surface area contributed by atoms with E-state index >= 15 is 0 Å². The number of alkyl halides is 3. The summed E-state index contributed by atoms with van der Waals surface area (Å²) in [4.78, 5) is 34.9. The summed E-state index contributed by atoms with van der Waals surface area (Å²) >= 11 is 0. The molecule has 2 N–H and O–H groups in total. The highest BCUT2D eigenvalue weighted by Crippen LogP contribution is 2.33. The van der Waals surface area contributed by atoms with Gasteiger partial charge in [-0.3, -0.25) is 14.4 Å². The van der Waals surface area contributed by atoms with Crippen LogP contribution in [0.25, 0.3) is 5.82 Å². The molecule has 144 valence electrons. The summed E-state index contributed by atoms with van der Waals surface area (Å²) in [7, 11) is 0.